The van der Waals surface area contributed by atoms with E-state index in [1.807, 2.05) is 24.3 Å². The molecule has 34 heavy (non-hydrogen) atoms. The van der Waals surface area contributed by atoms with Gasteiger partial charge in [0.05, 0.1) is 19.8 Å². The number of hydrogen-bond acceptors (Lipinski definition) is 5. The highest BCUT2D eigenvalue weighted by molar-refractivity contribution is 6.17. The molecule has 0 saturated carbocycles. The molecular weight excluding hydrogens is 428 g/mol. The van der Waals surface area contributed by atoms with Crippen LogP contribution in [0.1, 0.15) is 96.8 Å². The lowest BCUT2D eigenvalue weighted by Crippen LogP contribution is -2.34. The van der Waals surface area contributed by atoms with Crippen molar-refractivity contribution >= 4 is 17.5 Å². The van der Waals surface area contributed by atoms with Crippen molar-refractivity contribution in [1.29, 1.82) is 0 Å². The first kappa shape index (κ1) is 27.9. The number of carbonyl (C=O) groups excluding carboxylic acids is 2. The van der Waals surface area contributed by atoms with Crippen molar-refractivity contribution in [1.82, 2.24) is 4.90 Å². The van der Waals surface area contributed by atoms with E-state index in [2.05, 4.69) is 12.2 Å². The second-order valence-corrected chi connectivity index (χ2v) is 9.17. The monoisotopic (exact) mass is 472 g/mol. The molecule has 1 aromatic rings. The molecule has 6 nitrogen and oxygen atoms in total. The van der Waals surface area contributed by atoms with Crippen LogP contribution in [0.25, 0.3) is 0 Å². The third-order valence-corrected chi connectivity index (χ3v) is 6.23. The fraction of sp³-hybridized carbons (Fsp3) is 0.643. The minimum atomic E-state index is -0.419. The molecule has 0 radical (unpaired) electrons. The number of amides is 2. The number of benzene rings is 1. The van der Waals surface area contributed by atoms with Gasteiger partial charge in [-0.2, -0.15) is 0 Å². The summed E-state index contributed by atoms with van der Waals surface area (Å²) in [6, 6.07) is 7.38. The number of ether oxygens (including phenoxy) is 1. The zero-order valence-corrected chi connectivity index (χ0v) is 21.0. The topological polar surface area (TPSA) is 78.9 Å². The van der Waals surface area contributed by atoms with Crippen molar-refractivity contribution < 1.29 is 19.4 Å². The summed E-state index contributed by atoms with van der Waals surface area (Å²) in [6.07, 6.45) is 20.0. The zero-order chi connectivity index (χ0) is 24.4. The Hall–Kier alpha value is -2.34. The van der Waals surface area contributed by atoms with E-state index in [1.54, 1.807) is 0 Å². The number of imide groups is 1. The van der Waals surface area contributed by atoms with E-state index in [1.165, 1.54) is 89.5 Å². The van der Waals surface area contributed by atoms with E-state index < -0.39 is 11.8 Å². The van der Waals surface area contributed by atoms with Crippen LogP contribution >= 0.6 is 0 Å². The van der Waals surface area contributed by atoms with Gasteiger partial charge in [-0.25, -0.2) is 0 Å². The summed E-state index contributed by atoms with van der Waals surface area (Å²) in [7, 11) is 0. The summed E-state index contributed by atoms with van der Waals surface area (Å²) in [5, 5.41) is 11.9. The average molecular weight is 473 g/mol. The molecule has 2 amide bonds. The highest BCUT2D eigenvalue weighted by Gasteiger charge is 2.30. The minimum absolute atomic E-state index is 0.00534. The number of unbranched alkanes of at least 4 members (excludes halogenated alkanes) is 13. The van der Waals surface area contributed by atoms with Crippen molar-refractivity contribution in [3.63, 3.8) is 0 Å². The molecule has 0 fully saturated rings. The van der Waals surface area contributed by atoms with Crippen molar-refractivity contribution in [2.75, 3.05) is 25.1 Å². The molecule has 190 valence electrons. The Morgan fingerprint density at radius 1 is 0.794 bits per heavy atom. The van der Waals surface area contributed by atoms with E-state index in [9.17, 15) is 9.59 Å². The third kappa shape index (κ3) is 10.7. The van der Waals surface area contributed by atoms with Gasteiger partial charge in [-0.3, -0.25) is 14.5 Å². The van der Waals surface area contributed by atoms with Gasteiger partial charge >= 0.3 is 0 Å². The van der Waals surface area contributed by atoms with Crippen LogP contribution in [0.15, 0.2) is 36.0 Å². The molecular formula is C28H44N2O4. The molecule has 0 aromatic heterocycles. The van der Waals surface area contributed by atoms with Gasteiger partial charge in [0, 0.05) is 11.8 Å². The van der Waals surface area contributed by atoms with Gasteiger partial charge in [0.15, 0.2) is 0 Å². The van der Waals surface area contributed by atoms with E-state index in [-0.39, 0.29) is 18.8 Å². The van der Waals surface area contributed by atoms with E-state index in [0.29, 0.717) is 12.3 Å². The van der Waals surface area contributed by atoms with Crippen molar-refractivity contribution in [2.24, 2.45) is 0 Å². The molecule has 1 aromatic carbocycles. The lowest BCUT2D eigenvalue weighted by molar-refractivity contribution is -0.137. The molecule has 1 aliphatic rings. The Morgan fingerprint density at radius 2 is 1.32 bits per heavy atom. The van der Waals surface area contributed by atoms with Crippen LogP contribution in [0.3, 0.4) is 0 Å². The van der Waals surface area contributed by atoms with Crippen LogP contribution in [-0.4, -0.2) is 41.6 Å². The van der Waals surface area contributed by atoms with Gasteiger partial charge in [0.25, 0.3) is 11.8 Å². The molecule has 2 N–H and O–H groups in total. The fourth-order valence-corrected chi connectivity index (χ4v) is 4.19. The van der Waals surface area contributed by atoms with Gasteiger partial charge < -0.3 is 15.2 Å². The van der Waals surface area contributed by atoms with Gasteiger partial charge in [-0.15, -0.1) is 0 Å². The van der Waals surface area contributed by atoms with Gasteiger partial charge in [0.1, 0.15) is 11.4 Å². The Bertz CT molecular complexity index is 745. The van der Waals surface area contributed by atoms with Crippen LogP contribution in [-0.2, 0) is 9.59 Å². The number of nitrogens with one attached hydrogen (secondary N) is 1. The smallest absolute Gasteiger partial charge is 0.277 e. The van der Waals surface area contributed by atoms with Crippen molar-refractivity contribution in [2.45, 2.75) is 96.8 Å². The number of carbonyl (C=O) groups is 2. The average Bonchev–Trinajstić information content (AvgIpc) is 3.10. The maximum absolute atomic E-state index is 12.2. The first-order chi connectivity index (χ1) is 16.7. The normalized spacial score (nSPS) is 13.5. The quantitative estimate of drug-likeness (QED) is 0.174. The summed E-state index contributed by atoms with van der Waals surface area (Å²) < 4.78 is 5.83. The molecule has 6 heteroatoms. The molecule has 1 heterocycles. The largest absolute Gasteiger partial charge is 0.494 e. The number of β-amino-alcohol motifs (C(OH)–C–C–N with tert-alkyl or cyclic N) is 1. The lowest BCUT2D eigenvalue weighted by atomic mass is 10.0. The maximum Gasteiger partial charge on any atom is 0.277 e. The predicted molar refractivity (Wildman–Crippen MR) is 138 cm³/mol. The summed E-state index contributed by atoms with van der Waals surface area (Å²) >= 11 is 0. The number of anilines is 1. The van der Waals surface area contributed by atoms with Crippen LogP contribution < -0.4 is 10.1 Å². The third-order valence-electron chi connectivity index (χ3n) is 6.23. The Morgan fingerprint density at radius 3 is 1.85 bits per heavy atom. The summed E-state index contributed by atoms with van der Waals surface area (Å²) in [6.45, 7) is 2.74. The molecule has 2 rings (SSSR count). The number of aliphatic hydroxyl groups is 1. The Kier molecular flexibility index (Phi) is 14.1. The second-order valence-electron chi connectivity index (χ2n) is 9.17. The van der Waals surface area contributed by atoms with Gasteiger partial charge in [0.2, 0.25) is 0 Å². The van der Waals surface area contributed by atoms with Gasteiger partial charge in [-0.1, -0.05) is 90.4 Å². The summed E-state index contributed by atoms with van der Waals surface area (Å²) in [4.78, 5) is 25.0. The molecule has 0 atom stereocenters. The summed E-state index contributed by atoms with van der Waals surface area (Å²) in [5.74, 6) is -0.0307. The number of aliphatic hydroxyl groups excluding tert-OH is 1. The number of nitrogens with zero attached hydrogens (tertiary/aromatic N) is 1. The highest BCUT2D eigenvalue weighted by Crippen LogP contribution is 2.20. The van der Waals surface area contributed by atoms with Crippen LogP contribution in [0.5, 0.6) is 5.75 Å². The number of hydrogen-bond donors (Lipinski definition) is 2. The molecule has 0 spiro atoms. The molecule has 0 aliphatic carbocycles. The first-order valence-corrected chi connectivity index (χ1v) is 13.3. The zero-order valence-electron chi connectivity index (χ0n) is 21.0. The lowest BCUT2D eigenvalue weighted by Gasteiger charge is -2.13. The minimum Gasteiger partial charge on any atom is -0.494 e. The van der Waals surface area contributed by atoms with Gasteiger partial charge in [-0.05, 0) is 30.7 Å². The van der Waals surface area contributed by atoms with Crippen molar-refractivity contribution in [3.8, 4) is 5.75 Å². The Labute approximate surface area is 205 Å². The van der Waals surface area contributed by atoms with Crippen LogP contribution in [0.2, 0.25) is 0 Å². The standard InChI is InChI=1S/C28H44N2O4/c1-2-3-4-5-6-7-8-9-10-11-12-13-14-15-22-34-25-18-16-24(17-19-25)29-26-23-27(32)30(20-21-31)28(26)33/h16-19,23,29,31H,2-15,20-22H2,1H3. The molecule has 0 bridgehead atoms. The van der Waals surface area contributed by atoms with E-state index in [0.717, 1.165) is 17.1 Å². The fourth-order valence-electron chi connectivity index (χ4n) is 4.19. The second kappa shape index (κ2) is 17.1. The van der Waals surface area contributed by atoms with Crippen LogP contribution in [0.4, 0.5) is 5.69 Å². The predicted octanol–water partition coefficient (Wildman–Crippen LogP) is 6.20. The number of rotatable bonds is 20. The summed E-state index contributed by atoms with van der Waals surface area (Å²) in [5.41, 5.74) is 0.927. The maximum atomic E-state index is 12.2. The SMILES string of the molecule is CCCCCCCCCCCCCCCCOc1ccc(NC2=CC(=O)N(CCO)C2=O)cc1. The Balaban J connectivity index is 1.47. The highest BCUT2D eigenvalue weighted by atomic mass is 16.5. The first-order valence-electron chi connectivity index (χ1n) is 13.3. The van der Waals surface area contributed by atoms with E-state index in [4.69, 9.17) is 9.84 Å². The van der Waals surface area contributed by atoms with Crippen molar-refractivity contribution in [3.05, 3.63) is 36.0 Å². The molecule has 0 saturated heterocycles. The molecule has 1 aliphatic heterocycles. The molecule has 0 unspecified atom stereocenters. The van der Waals surface area contributed by atoms with Crippen LogP contribution in [0, 0.1) is 0 Å². The van der Waals surface area contributed by atoms with E-state index >= 15 is 0 Å².